The number of phosphoric acid groups is 1. The summed E-state index contributed by atoms with van der Waals surface area (Å²) in [6.07, 6.45) is 48.8. The Bertz CT molecular complexity index is 1030. The molecule has 0 aromatic heterocycles. The number of hydrogen-bond acceptors (Lipinski definition) is 8. The van der Waals surface area contributed by atoms with Gasteiger partial charge in [0.2, 0.25) is 0 Å². The Labute approximate surface area is 350 Å². The van der Waals surface area contributed by atoms with Crippen molar-refractivity contribution in [2.24, 2.45) is 5.73 Å². The summed E-state index contributed by atoms with van der Waals surface area (Å²) in [6.45, 7) is 3.71. The molecule has 0 bridgehead atoms. The maximum atomic E-state index is 12.6. The van der Waals surface area contributed by atoms with Crippen LogP contribution in [0.1, 0.15) is 219 Å². The van der Waals surface area contributed by atoms with Gasteiger partial charge in [-0.15, -0.1) is 0 Å². The standard InChI is InChI=1S/C47H88NO8P/c1-3-5-7-9-11-13-15-17-19-21-22-24-25-27-29-31-33-35-37-39-46(49)53-43-45(44-55-57(51,52)54-42-41-48)56-47(50)40-38-36-34-32-30-28-26-23-20-18-16-14-12-10-8-6-4-2/h12,14,17-20,45H,3-11,13,15-16,21-44,48H2,1-2H3,(H,51,52)/b14-12+,19-17+,20-18+/t45-/m1/s1. The summed E-state index contributed by atoms with van der Waals surface area (Å²) in [5, 5.41) is 0. The smallest absolute Gasteiger partial charge is 0.462 e. The average molecular weight is 826 g/mol. The molecule has 3 N–H and O–H groups in total. The number of phosphoric ester groups is 1. The number of esters is 2. The van der Waals surface area contributed by atoms with Crippen LogP contribution in [0.4, 0.5) is 0 Å². The summed E-state index contributed by atoms with van der Waals surface area (Å²) in [6, 6.07) is 0. The lowest BCUT2D eigenvalue weighted by molar-refractivity contribution is -0.161. The normalized spacial score (nSPS) is 13.5. The summed E-state index contributed by atoms with van der Waals surface area (Å²) in [7, 11) is -4.38. The minimum absolute atomic E-state index is 0.0517. The highest BCUT2D eigenvalue weighted by Crippen LogP contribution is 2.43. The molecular formula is C47H88NO8P. The quantitative estimate of drug-likeness (QED) is 0.0266. The van der Waals surface area contributed by atoms with Crippen LogP contribution in [0.25, 0.3) is 0 Å². The van der Waals surface area contributed by atoms with E-state index in [0.717, 1.165) is 51.4 Å². The molecule has 0 aliphatic heterocycles. The number of unbranched alkanes of at least 4 members (excludes halogenated alkanes) is 25. The van der Waals surface area contributed by atoms with E-state index in [1.807, 2.05) is 0 Å². The van der Waals surface area contributed by atoms with E-state index < -0.39 is 26.5 Å². The molecule has 334 valence electrons. The number of nitrogens with two attached hydrogens (primary N) is 1. The molecule has 0 amide bonds. The van der Waals surface area contributed by atoms with Crippen LogP contribution in [0.15, 0.2) is 36.5 Å². The third-order valence-corrected chi connectivity index (χ3v) is 11.0. The highest BCUT2D eigenvalue weighted by Gasteiger charge is 2.26. The second-order valence-corrected chi connectivity index (χ2v) is 17.1. The zero-order chi connectivity index (χ0) is 41.8. The van der Waals surface area contributed by atoms with Crippen molar-refractivity contribution in [3.8, 4) is 0 Å². The van der Waals surface area contributed by atoms with Crippen molar-refractivity contribution in [1.82, 2.24) is 0 Å². The fourth-order valence-corrected chi connectivity index (χ4v) is 7.25. The van der Waals surface area contributed by atoms with Gasteiger partial charge in [0.1, 0.15) is 6.61 Å². The summed E-state index contributed by atoms with van der Waals surface area (Å²) in [4.78, 5) is 34.9. The van der Waals surface area contributed by atoms with E-state index in [4.69, 9.17) is 24.3 Å². The summed E-state index contributed by atoms with van der Waals surface area (Å²) in [5.41, 5.74) is 5.35. The van der Waals surface area contributed by atoms with Crippen LogP contribution < -0.4 is 5.73 Å². The maximum absolute atomic E-state index is 12.6. The van der Waals surface area contributed by atoms with Crippen molar-refractivity contribution in [2.75, 3.05) is 26.4 Å². The number of hydrogen-bond donors (Lipinski definition) is 2. The van der Waals surface area contributed by atoms with Gasteiger partial charge >= 0.3 is 19.8 Å². The molecule has 0 spiro atoms. The maximum Gasteiger partial charge on any atom is 0.472 e. The van der Waals surface area contributed by atoms with Gasteiger partial charge in [-0.3, -0.25) is 18.6 Å². The summed E-state index contributed by atoms with van der Waals surface area (Å²) in [5.74, 6) is -0.835. The monoisotopic (exact) mass is 826 g/mol. The minimum Gasteiger partial charge on any atom is -0.462 e. The first-order valence-corrected chi connectivity index (χ1v) is 25.0. The molecule has 1 unspecified atom stereocenters. The van der Waals surface area contributed by atoms with Gasteiger partial charge in [0.15, 0.2) is 6.10 Å². The average Bonchev–Trinajstić information content (AvgIpc) is 3.20. The molecule has 0 heterocycles. The molecule has 0 aromatic carbocycles. The molecule has 0 saturated heterocycles. The largest absolute Gasteiger partial charge is 0.472 e. The Morgan fingerprint density at radius 2 is 0.912 bits per heavy atom. The number of rotatable bonds is 44. The molecule has 0 aliphatic rings. The van der Waals surface area contributed by atoms with Crippen LogP contribution in [-0.4, -0.2) is 49.3 Å². The predicted octanol–water partition coefficient (Wildman–Crippen LogP) is 13.7. The molecular weight excluding hydrogens is 737 g/mol. The van der Waals surface area contributed by atoms with E-state index in [-0.39, 0.29) is 38.6 Å². The fourth-order valence-electron chi connectivity index (χ4n) is 6.48. The van der Waals surface area contributed by atoms with E-state index in [9.17, 15) is 19.0 Å². The predicted molar refractivity (Wildman–Crippen MR) is 238 cm³/mol. The fraction of sp³-hybridized carbons (Fsp3) is 0.830. The lowest BCUT2D eigenvalue weighted by Crippen LogP contribution is -2.29. The van der Waals surface area contributed by atoms with Crippen LogP contribution in [0.3, 0.4) is 0 Å². The molecule has 2 atom stereocenters. The SMILES string of the molecule is CCCCC/C=C/C/C=C/CCCCCCCCCC(=O)O[C@H](COC(=O)CCCCCCCCCCC/C=C/CCCCCCCC)COP(=O)(O)OCCN. The van der Waals surface area contributed by atoms with Crippen LogP contribution in [0, 0.1) is 0 Å². The lowest BCUT2D eigenvalue weighted by Gasteiger charge is -2.19. The molecule has 57 heavy (non-hydrogen) atoms. The Kier molecular flexibility index (Phi) is 42.4. The topological polar surface area (TPSA) is 134 Å². The van der Waals surface area contributed by atoms with Crippen LogP contribution >= 0.6 is 7.82 Å². The van der Waals surface area contributed by atoms with Crippen LogP contribution in [-0.2, 0) is 32.7 Å². The van der Waals surface area contributed by atoms with Crippen molar-refractivity contribution in [1.29, 1.82) is 0 Å². The molecule has 9 nitrogen and oxygen atoms in total. The number of ether oxygens (including phenoxy) is 2. The van der Waals surface area contributed by atoms with Crippen molar-refractivity contribution < 1.29 is 37.6 Å². The first-order valence-electron chi connectivity index (χ1n) is 23.5. The lowest BCUT2D eigenvalue weighted by atomic mass is 10.1. The Morgan fingerprint density at radius 1 is 0.526 bits per heavy atom. The van der Waals surface area contributed by atoms with Crippen molar-refractivity contribution in [3.63, 3.8) is 0 Å². The third kappa shape index (κ3) is 43.6. The Morgan fingerprint density at radius 3 is 1.39 bits per heavy atom. The van der Waals surface area contributed by atoms with Gasteiger partial charge in [-0.05, 0) is 70.6 Å². The molecule has 0 saturated carbocycles. The van der Waals surface area contributed by atoms with Gasteiger partial charge in [0, 0.05) is 19.4 Å². The summed E-state index contributed by atoms with van der Waals surface area (Å²) >= 11 is 0. The Balaban J connectivity index is 4.10. The van der Waals surface area contributed by atoms with E-state index in [2.05, 4.69) is 50.3 Å². The van der Waals surface area contributed by atoms with Gasteiger partial charge in [-0.25, -0.2) is 4.57 Å². The van der Waals surface area contributed by atoms with Gasteiger partial charge < -0.3 is 20.1 Å². The van der Waals surface area contributed by atoms with Gasteiger partial charge in [0.05, 0.1) is 13.2 Å². The molecule has 10 heteroatoms. The van der Waals surface area contributed by atoms with E-state index in [1.165, 1.54) is 135 Å². The zero-order valence-corrected chi connectivity index (χ0v) is 37.7. The molecule has 0 aromatic rings. The first-order chi connectivity index (χ1) is 27.8. The van der Waals surface area contributed by atoms with E-state index in [0.29, 0.717) is 6.42 Å². The zero-order valence-electron chi connectivity index (χ0n) is 36.8. The minimum atomic E-state index is -4.38. The van der Waals surface area contributed by atoms with E-state index >= 15 is 0 Å². The van der Waals surface area contributed by atoms with Crippen molar-refractivity contribution >= 4 is 19.8 Å². The summed E-state index contributed by atoms with van der Waals surface area (Å²) < 4.78 is 32.8. The first kappa shape index (κ1) is 55.2. The highest BCUT2D eigenvalue weighted by molar-refractivity contribution is 7.47. The second-order valence-electron chi connectivity index (χ2n) is 15.6. The molecule has 0 rings (SSSR count). The van der Waals surface area contributed by atoms with Crippen molar-refractivity contribution in [2.45, 2.75) is 225 Å². The van der Waals surface area contributed by atoms with Gasteiger partial charge in [-0.2, -0.15) is 0 Å². The van der Waals surface area contributed by atoms with E-state index in [1.54, 1.807) is 0 Å². The van der Waals surface area contributed by atoms with Crippen molar-refractivity contribution in [3.05, 3.63) is 36.5 Å². The molecule has 0 fully saturated rings. The second kappa shape index (κ2) is 43.8. The van der Waals surface area contributed by atoms with Crippen LogP contribution in [0.5, 0.6) is 0 Å². The third-order valence-electron chi connectivity index (χ3n) is 10.00. The number of carbonyl (C=O) groups excluding carboxylic acids is 2. The van der Waals surface area contributed by atoms with Crippen LogP contribution in [0.2, 0.25) is 0 Å². The van der Waals surface area contributed by atoms with Gasteiger partial charge in [-0.1, -0.05) is 172 Å². The Hall–Kier alpha value is -1.77. The molecule has 0 radical (unpaired) electrons. The number of carbonyl (C=O) groups is 2. The number of allylic oxidation sites excluding steroid dienone is 6. The highest BCUT2D eigenvalue weighted by atomic mass is 31.2. The van der Waals surface area contributed by atoms with Gasteiger partial charge in [0.25, 0.3) is 0 Å². The molecule has 0 aliphatic carbocycles.